The number of nitrogens with one attached hydrogen (secondary N) is 1. The van der Waals surface area contributed by atoms with Crippen molar-refractivity contribution in [2.45, 2.75) is 0 Å². The van der Waals surface area contributed by atoms with Gasteiger partial charge >= 0.3 is 0 Å². The van der Waals surface area contributed by atoms with E-state index in [0.717, 1.165) is 0 Å². The molecule has 4 nitrogen and oxygen atoms in total. The van der Waals surface area contributed by atoms with Gasteiger partial charge in [-0.2, -0.15) is 5.26 Å². The van der Waals surface area contributed by atoms with Crippen molar-refractivity contribution in [3.05, 3.63) is 58.3 Å². The van der Waals surface area contributed by atoms with Crippen molar-refractivity contribution in [3.63, 3.8) is 0 Å². The highest BCUT2D eigenvalue weighted by Crippen LogP contribution is 2.16. The molecule has 5 heteroatoms. The van der Waals surface area contributed by atoms with Crippen LogP contribution in [0.25, 0.3) is 0 Å². The van der Waals surface area contributed by atoms with Crippen molar-refractivity contribution in [1.29, 1.82) is 5.26 Å². The Labute approximate surface area is 112 Å². The van der Waals surface area contributed by atoms with E-state index in [2.05, 4.69) is 26.2 Å². The number of rotatable bonds is 2. The Morgan fingerprint density at radius 2 is 2.00 bits per heavy atom. The van der Waals surface area contributed by atoms with Gasteiger partial charge in [-0.05, 0) is 52.3 Å². The van der Waals surface area contributed by atoms with Gasteiger partial charge in [-0.25, -0.2) is 4.98 Å². The van der Waals surface area contributed by atoms with E-state index in [4.69, 9.17) is 5.26 Å². The number of pyridine rings is 1. The van der Waals surface area contributed by atoms with Gasteiger partial charge in [-0.15, -0.1) is 0 Å². The van der Waals surface area contributed by atoms with E-state index in [1.54, 1.807) is 42.6 Å². The quantitative estimate of drug-likeness (QED) is 0.927. The largest absolute Gasteiger partial charge is 0.321 e. The number of nitriles is 1. The normalized spacial score (nSPS) is 9.56. The molecule has 0 aliphatic carbocycles. The second-order valence-corrected chi connectivity index (χ2v) is 4.33. The minimum absolute atomic E-state index is 0.299. The van der Waals surface area contributed by atoms with Crippen LogP contribution in [0.15, 0.2) is 47.1 Å². The molecule has 1 N–H and O–H groups in total. The molecule has 18 heavy (non-hydrogen) atoms. The summed E-state index contributed by atoms with van der Waals surface area (Å²) in [4.78, 5) is 15.9. The van der Waals surface area contributed by atoms with Gasteiger partial charge in [0.2, 0.25) is 0 Å². The summed E-state index contributed by atoms with van der Waals surface area (Å²) in [6, 6.07) is 12.1. The summed E-state index contributed by atoms with van der Waals surface area (Å²) >= 11 is 3.27. The molecule has 1 aromatic carbocycles. The first-order valence-corrected chi connectivity index (χ1v) is 5.92. The second-order valence-electron chi connectivity index (χ2n) is 3.48. The molecular formula is C13H8BrN3O. The van der Waals surface area contributed by atoms with Crippen LogP contribution >= 0.6 is 15.9 Å². The lowest BCUT2D eigenvalue weighted by molar-refractivity contribution is 0.102. The third-order valence-electron chi connectivity index (χ3n) is 2.25. The first-order valence-electron chi connectivity index (χ1n) is 5.13. The fourth-order valence-corrected chi connectivity index (χ4v) is 1.81. The maximum absolute atomic E-state index is 11.9. The zero-order chi connectivity index (χ0) is 13.0. The fraction of sp³-hybridized carbons (Fsp3) is 0. The van der Waals surface area contributed by atoms with Crippen LogP contribution in [0.4, 0.5) is 5.69 Å². The topological polar surface area (TPSA) is 65.8 Å². The maximum Gasteiger partial charge on any atom is 0.275 e. The Bertz CT molecular complexity index is 617. The zero-order valence-electron chi connectivity index (χ0n) is 9.22. The zero-order valence-corrected chi connectivity index (χ0v) is 10.8. The molecule has 0 saturated carbocycles. The predicted octanol–water partition coefficient (Wildman–Crippen LogP) is 2.97. The monoisotopic (exact) mass is 301 g/mol. The van der Waals surface area contributed by atoms with E-state index in [1.807, 2.05) is 6.07 Å². The summed E-state index contributed by atoms with van der Waals surface area (Å²) < 4.78 is 0.635. The van der Waals surface area contributed by atoms with Crippen LogP contribution in [0.1, 0.15) is 16.1 Å². The second kappa shape index (κ2) is 5.43. The van der Waals surface area contributed by atoms with Gasteiger partial charge in [0.25, 0.3) is 5.91 Å². The third kappa shape index (κ3) is 2.73. The molecule has 2 aromatic rings. The lowest BCUT2D eigenvalue weighted by Gasteiger charge is -2.05. The number of amides is 1. The van der Waals surface area contributed by atoms with Crippen LogP contribution < -0.4 is 5.32 Å². The molecule has 0 atom stereocenters. The summed E-state index contributed by atoms with van der Waals surface area (Å²) in [6.45, 7) is 0. The van der Waals surface area contributed by atoms with Gasteiger partial charge in [0.1, 0.15) is 5.69 Å². The SMILES string of the molecule is N#Cc1ccc(NC(=O)c2ncccc2Br)cc1. The maximum atomic E-state index is 11.9. The average molecular weight is 302 g/mol. The molecule has 1 aromatic heterocycles. The van der Waals surface area contributed by atoms with Crippen LogP contribution in [0.3, 0.4) is 0 Å². The van der Waals surface area contributed by atoms with Gasteiger partial charge in [-0.1, -0.05) is 0 Å². The lowest BCUT2D eigenvalue weighted by Crippen LogP contribution is -2.14. The highest BCUT2D eigenvalue weighted by molar-refractivity contribution is 9.10. The standard InChI is InChI=1S/C13H8BrN3O/c14-11-2-1-7-16-12(11)13(18)17-10-5-3-9(8-15)4-6-10/h1-7H,(H,17,18). The first kappa shape index (κ1) is 12.3. The molecule has 0 radical (unpaired) electrons. The summed E-state index contributed by atoms with van der Waals surface area (Å²) in [5, 5.41) is 11.4. The fourth-order valence-electron chi connectivity index (χ4n) is 1.37. The van der Waals surface area contributed by atoms with E-state index in [1.165, 1.54) is 0 Å². The smallest absolute Gasteiger partial charge is 0.275 e. The summed E-state index contributed by atoms with van der Waals surface area (Å²) in [5.74, 6) is -0.299. The van der Waals surface area contributed by atoms with Gasteiger partial charge in [-0.3, -0.25) is 4.79 Å². The number of hydrogen-bond acceptors (Lipinski definition) is 3. The predicted molar refractivity (Wildman–Crippen MR) is 71.0 cm³/mol. The molecule has 0 aliphatic rings. The molecule has 1 heterocycles. The summed E-state index contributed by atoms with van der Waals surface area (Å²) in [7, 11) is 0. The minimum Gasteiger partial charge on any atom is -0.321 e. The van der Waals surface area contributed by atoms with Crippen LogP contribution in [0, 0.1) is 11.3 Å². The van der Waals surface area contributed by atoms with Crippen molar-refractivity contribution < 1.29 is 4.79 Å². The highest BCUT2D eigenvalue weighted by atomic mass is 79.9. The highest BCUT2D eigenvalue weighted by Gasteiger charge is 2.10. The van der Waals surface area contributed by atoms with E-state index < -0.39 is 0 Å². The van der Waals surface area contributed by atoms with Crippen molar-refractivity contribution >= 4 is 27.5 Å². The van der Waals surface area contributed by atoms with E-state index in [-0.39, 0.29) is 5.91 Å². The summed E-state index contributed by atoms with van der Waals surface area (Å²) in [6.07, 6.45) is 1.55. The Morgan fingerprint density at radius 3 is 2.61 bits per heavy atom. The first-order chi connectivity index (χ1) is 8.70. The minimum atomic E-state index is -0.299. The number of nitrogens with zero attached hydrogens (tertiary/aromatic N) is 2. The number of carbonyl (C=O) groups excluding carboxylic acids is 1. The lowest BCUT2D eigenvalue weighted by atomic mass is 10.2. The van der Waals surface area contributed by atoms with E-state index in [0.29, 0.717) is 21.4 Å². The van der Waals surface area contributed by atoms with Crippen molar-refractivity contribution in [3.8, 4) is 6.07 Å². The van der Waals surface area contributed by atoms with Gasteiger partial charge in [0, 0.05) is 16.4 Å². The Kier molecular flexibility index (Phi) is 3.70. The number of hydrogen-bond donors (Lipinski definition) is 1. The third-order valence-corrected chi connectivity index (χ3v) is 2.89. The molecule has 88 valence electrons. The van der Waals surface area contributed by atoms with Crippen LogP contribution in [-0.4, -0.2) is 10.9 Å². The Hall–Kier alpha value is -2.19. The number of aromatic nitrogens is 1. The molecule has 0 spiro atoms. The van der Waals surface area contributed by atoms with Gasteiger partial charge in [0.15, 0.2) is 0 Å². The van der Waals surface area contributed by atoms with Crippen LogP contribution in [-0.2, 0) is 0 Å². The molecule has 0 saturated heterocycles. The Balaban J connectivity index is 2.17. The summed E-state index contributed by atoms with van der Waals surface area (Å²) in [5.41, 5.74) is 1.49. The van der Waals surface area contributed by atoms with Crippen LogP contribution in [0.5, 0.6) is 0 Å². The number of carbonyl (C=O) groups is 1. The molecule has 1 amide bonds. The van der Waals surface area contributed by atoms with Crippen LogP contribution in [0.2, 0.25) is 0 Å². The van der Waals surface area contributed by atoms with Gasteiger partial charge < -0.3 is 5.32 Å². The molecule has 0 bridgehead atoms. The van der Waals surface area contributed by atoms with Crippen molar-refractivity contribution in [2.75, 3.05) is 5.32 Å². The van der Waals surface area contributed by atoms with Gasteiger partial charge in [0.05, 0.1) is 11.6 Å². The molecular weight excluding hydrogens is 294 g/mol. The van der Waals surface area contributed by atoms with E-state index in [9.17, 15) is 4.79 Å². The molecule has 0 unspecified atom stereocenters. The number of benzene rings is 1. The average Bonchev–Trinajstić information content (AvgIpc) is 2.40. The van der Waals surface area contributed by atoms with Crippen molar-refractivity contribution in [2.24, 2.45) is 0 Å². The van der Waals surface area contributed by atoms with Crippen molar-refractivity contribution in [1.82, 2.24) is 4.98 Å². The molecule has 0 fully saturated rings. The van der Waals surface area contributed by atoms with E-state index >= 15 is 0 Å². The Morgan fingerprint density at radius 1 is 1.28 bits per heavy atom. The number of anilines is 1. The molecule has 2 rings (SSSR count). The number of halogens is 1. The molecule has 0 aliphatic heterocycles.